The molecule has 3 heterocycles. The van der Waals surface area contributed by atoms with Gasteiger partial charge >= 0.3 is 12.1 Å². The largest absolute Gasteiger partial charge is 0.481 e. The van der Waals surface area contributed by atoms with Crippen LogP contribution in [0.5, 0.6) is 0 Å². The van der Waals surface area contributed by atoms with Crippen LogP contribution in [0.25, 0.3) is 9.66 Å². The van der Waals surface area contributed by atoms with E-state index in [9.17, 15) is 14.7 Å². The van der Waals surface area contributed by atoms with Gasteiger partial charge in [0.2, 0.25) is 0 Å². The quantitative estimate of drug-likeness (QED) is 0.403. The number of ether oxygens (including phenoxy) is 1. The lowest BCUT2D eigenvalue weighted by atomic mass is 10.1. The first-order chi connectivity index (χ1) is 15.5. The second-order valence-electron chi connectivity index (χ2n) is 7.04. The first-order valence-corrected chi connectivity index (χ1v) is 11.9. The topological polar surface area (TPSA) is 114 Å². The molecular formula is C21H14N4O4S3. The second kappa shape index (κ2) is 8.31. The van der Waals surface area contributed by atoms with Crippen molar-refractivity contribution < 1.29 is 19.4 Å². The standard InChI is InChI=1S/C21H14N4O4S3/c26-19(27)21(8-9-21)18-25-17-16(31-18)24-15(30-17)7-6-14-13(10-22-32-14)23-20(28)29-11-12-4-2-1-3-5-12/h1-5,10H,8-9,11H2,(H,23,28)(H,26,27). The van der Waals surface area contributed by atoms with E-state index >= 15 is 0 Å². The molecule has 1 aromatic carbocycles. The van der Waals surface area contributed by atoms with Crippen molar-refractivity contribution >= 4 is 61.6 Å². The molecule has 0 radical (unpaired) electrons. The van der Waals surface area contributed by atoms with Gasteiger partial charge in [0, 0.05) is 0 Å². The molecule has 0 atom stereocenters. The van der Waals surface area contributed by atoms with E-state index < -0.39 is 17.5 Å². The average Bonchev–Trinajstić information content (AvgIpc) is 3.11. The summed E-state index contributed by atoms with van der Waals surface area (Å²) in [5, 5.41) is 13.3. The van der Waals surface area contributed by atoms with Gasteiger partial charge in [-0.2, -0.15) is 4.37 Å². The van der Waals surface area contributed by atoms with Gasteiger partial charge in [-0.25, -0.2) is 14.8 Å². The van der Waals surface area contributed by atoms with Crippen molar-refractivity contribution in [2.75, 3.05) is 5.32 Å². The Labute approximate surface area is 194 Å². The zero-order chi connectivity index (χ0) is 22.1. The highest BCUT2D eigenvalue weighted by molar-refractivity contribution is 7.26. The number of carboxylic acid groups (broad SMARTS) is 1. The number of hydrogen-bond donors (Lipinski definition) is 2. The van der Waals surface area contributed by atoms with Crippen LogP contribution in [0.15, 0.2) is 36.5 Å². The molecular weight excluding hydrogens is 468 g/mol. The van der Waals surface area contributed by atoms with Gasteiger partial charge in [0.15, 0.2) is 14.7 Å². The summed E-state index contributed by atoms with van der Waals surface area (Å²) >= 11 is 3.78. The van der Waals surface area contributed by atoms with Gasteiger partial charge < -0.3 is 9.84 Å². The van der Waals surface area contributed by atoms with Crippen LogP contribution < -0.4 is 5.32 Å². The third-order valence-corrected chi connectivity index (χ3v) is 7.71. The van der Waals surface area contributed by atoms with E-state index in [2.05, 4.69) is 31.5 Å². The number of nitrogens with one attached hydrogen (secondary N) is 1. The van der Waals surface area contributed by atoms with E-state index in [1.54, 1.807) is 0 Å². The molecule has 160 valence electrons. The van der Waals surface area contributed by atoms with Gasteiger partial charge in [0.05, 0.1) is 11.9 Å². The molecule has 0 spiro atoms. The summed E-state index contributed by atoms with van der Waals surface area (Å²) in [6.07, 6.45) is 2.17. The molecule has 3 aromatic heterocycles. The molecule has 0 bridgehead atoms. The third kappa shape index (κ3) is 4.08. The zero-order valence-corrected chi connectivity index (χ0v) is 18.8. The number of benzene rings is 1. The zero-order valence-electron chi connectivity index (χ0n) is 16.3. The highest BCUT2D eigenvalue weighted by Gasteiger charge is 2.54. The van der Waals surface area contributed by atoms with Crippen molar-refractivity contribution in [3.63, 3.8) is 0 Å². The smallest absolute Gasteiger partial charge is 0.412 e. The molecule has 1 aliphatic rings. The summed E-state index contributed by atoms with van der Waals surface area (Å²) < 4.78 is 9.32. The molecule has 1 fully saturated rings. The van der Waals surface area contributed by atoms with Gasteiger partial charge in [-0.05, 0) is 41.8 Å². The van der Waals surface area contributed by atoms with E-state index in [1.165, 1.54) is 28.9 Å². The minimum Gasteiger partial charge on any atom is -0.481 e. The van der Waals surface area contributed by atoms with Crippen LogP contribution in [-0.2, 0) is 21.6 Å². The number of hydrogen-bond acceptors (Lipinski definition) is 9. The lowest BCUT2D eigenvalue weighted by molar-refractivity contribution is -0.140. The van der Waals surface area contributed by atoms with Crippen molar-refractivity contribution in [1.29, 1.82) is 0 Å². The van der Waals surface area contributed by atoms with Crippen molar-refractivity contribution in [1.82, 2.24) is 14.3 Å². The number of aliphatic carboxylic acids is 1. The van der Waals surface area contributed by atoms with E-state index in [4.69, 9.17) is 4.74 Å². The molecule has 32 heavy (non-hydrogen) atoms. The summed E-state index contributed by atoms with van der Waals surface area (Å²) in [6, 6.07) is 9.40. The molecule has 2 N–H and O–H groups in total. The summed E-state index contributed by atoms with van der Waals surface area (Å²) in [5.74, 6) is 5.13. The van der Waals surface area contributed by atoms with Crippen molar-refractivity contribution in [3.8, 4) is 11.8 Å². The first-order valence-electron chi connectivity index (χ1n) is 9.49. The summed E-state index contributed by atoms with van der Waals surface area (Å²) in [7, 11) is 0. The van der Waals surface area contributed by atoms with Gasteiger partial charge in [0.1, 0.15) is 21.9 Å². The molecule has 1 amide bonds. The SMILES string of the molecule is O=C(Nc1cnsc1C#Cc1nc2sc(C3(C(=O)O)CC3)nc2s1)OCc1ccccc1. The summed E-state index contributed by atoms with van der Waals surface area (Å²) in [6.45, 7) is 0.166. The van der Waals surface area contributed by atoms with Gasteiger partial charge in [-0.1, -0.05) is 53.0 Å². The Morgan fingerprint density at radius 3 is 2.62 bits per heavy atom. The Bertz CT molecular complexity index is 1340. The lowest BCUT2D eigenvalue weighted by Gasteiger charge is -2.05. The van der Waals surface area contributed by atoms with Crippen LogP contribution in [0.4, 0.5) is 10.5 Å². The predicted molar refractivity (Wildman–Crippen MR) is 122 cm³/mol. The maximum Gasteiger partial charge on any atom is 0.412 e. The molecule has 0 aliphatic heterocycles. The van der Waals surface area contributed by atoms with Crippen LogP contribution in [-0.4, -0.2) is 31.5 Å². The van der Waals surface area contributed by atoms with Crippen molar-refractivity contribution in [3.05, 3.63) is 57.0 Å². The third-order valence-electron chi connectivity index (χ3n) is 4.85. The first kappa shape index (κ1) is 20.6. The summed E-state index contributed by atoms with van der Waals surface area (Å²) in [5.41, 5.74) is 0.536. The molecule has 0 unspecified atom stereocenters. The minimum atomic E-state index is -0.827. The van der Waals surface area contributed by atoms with E-state index in [0.717, 1.165) is 17.1 Å². The van der Waals surface area contributed by atoms with E-state index in [0.29, 0.717) is 43.1 Å². The Hall–Kier alpha value is -3.33. The van der Waals surface area contributed by atoms with E-state index in [-0.39, 0.29) is 6.61 Å². The molecule has 0 saturated heterocycles. The molecule has 4 aromatic rings. The summed E-state index contributed by atoms with van der Waals surface area (Å²) in [4.78, 5) is 34.5. The number of thiazole rings is 2. The Morgan fingerprint density at radius 2 is 1.91 bits per heavy atom. The second-order valence-corrected chi connectivity index (χ2v) is 9.80. The van der Waals surface area contributed by atoms with Crippen LogP contribution in [0.3, 0.4) is 0 Å². The lowest BCUT2D eigenvalue weighted by Crippen LogP contribution is -2.18. The van der Waals surface area contributed by atoms with Gasteiger partial charge in [-0.3, -0.25) is 10.1 Å². The fraction of sp³-hybridized carbons (Fsp3) is 0.190. The van der Waals surface area contributed by atoms with Crippen LogP contribution in [0.1, 0.15) is 33.3 Å². The number of rotatable bonds is 5. The normalized spacial score (nSPS) is 13.9. The van der Waals surface area contributed by atoms with Crippen molar-refractivity contribution in [2.24, 2.45) is 0 Å². The fourth-order valence-electron chi connectivity index (χ4n) is 2.94. The van der Waals surface area contributed by atoms with Gasteiger partial charge in [0.25, 0.3) is 0 Å². The molecule has 1 saturated carbocycles. The number of aromatic nitrogens is 3. The van der Waals surface area contributed by atoms with Gasteiger partial charge in [-0.15, -0.1) is 0 Å². The maximum atomic E-state index is 12.1. The highest BCUT2D eigenvalue weighted by Crippen LogP contribution is 2.50. The molecule has 5 rings (SSSR count). The molecule has 8 nitrogen and oxygen atoms in total. The Kier molecular flexibility index (Phi) is 5.34. The number of carboxylic acids is 1. The number of fused-ring (bicyclic) bond motifs is 1. The van der Waals surface area contributed by atoms with Crippen LogP contribution in [0.2, 0.25) is 0 Å². The van der Waals surface area contributed by atoms with Crippen LogP contribution in [0, 0.1) is 11.8 Å². The van der Waals surface area contributed by atoms with Crippen molar-refractivity contribution in [2.45, 2.75) is 24.9 Å². The molecule has 1 aliphatic carbocycles. The molecule has 11 heteroatoms. The van der Waals surface area contributed by atoms with E-state index in [1.807, 2.05) is 30.3 Å². The number of carbonyl (C=O) groups is 2. The highest BCUT2D eigenvalue weighted by atomic mass is 32.1. The average molecular weight is 483 g/mol. The number of anilines is 1. The number of amides is 1. The minimum absolute atomic E-state index is 0.166. The fourth-order valence-corrected chi connectivity index (χ4v) is 5.64. The Balaban J connectivity index is 1.26. The monoisotopic (exact) mass is 482 g/mol. The predicted octanol–water partition coefficient (Wildman–Crippen LogP) is 4.47. The van der Waals surface area contributed by atoms with Crippen LogP contribution >= 0.6 is 34.2 Å². The number of nitrogens with zero attached hydrogens (tertiary/aromatic N) is 3. The maximum absolute atomic E-state index is 12.1. The number of carbonyl (C=O) groups excluding carboxylic acids is 1. The Morgan fingerprint density at radius 1 is 1.12 bits per heavy atom.